The minimum atomic E-state index is -0.0822. The fraction of sp³-hybridized carbons (Fsp3) is 0.176. The maximum atomic E-state index is 11.5. The van der Waals surface area contributed by atoms with Crippen LogP contribution in [0.1, 0.15) is 28.4 Å². The van der Waals surface area contributed by atoms with Gasteiger partial charge in [-0.1, -0.05) is 24.3 Å². The van der Waals surface area contributed by atoms with E-state index in [1.165, 1.54) is 6.92 Å². The van der Waals surface area contributed by atoms with Crippen molar-refractivity contribution in [2.45, 2.75) is 13.3 Å². The van der Waals surface area contributed by atoms with Crippen LogP contribution in [0.3, 0.4) is 0 Å². The molecule has 0 atom stereocenters. The molecule has 0 unspecified atom stereocenters. The molecule has 0 saturated heterocycles. The van der Waals surface area contributed by atoms with Crippen molar-refractivity contribution >= 4 is 17.5 Å². The van der Waals surface area contributed by atoms with E-state index in [-0.39, 0.29) is 11.8 Å². The first-order valence-electron chi connectivity index (χ1n) is 6.76. The SMILES string of the molecule is CNC(=O)c1ccc(Cc2ccc(NC(C)=O)cc2)cc1. The van der Waals surface area contributed by atoms with Crippen molar-refractivity contribution in [1.82, 2.24) is 5.32 Å². The molecular formula is C17H18N2O2. The molecule has 2 aromatic carbocycles. The Kier molecular flexibility index (Phi) is 4.72. The van der Waals surface area contributed by atoms with Crippen molar-refractivity contribution in [3.8, 4) is 0 Å². The second-order valence-electron chi connectivity index (χ2n) is 4.83. The van der Waals surface area contributed by atoms with Gasteiger partial charge in [-0.05, 0) is 41.8 Å². The van der Waals surface area contributed by atoms with Crippen molar-refractivity contribution in [3.63, 3.8) is 0 Å². The summed E-state index contributed by atoms with van der Waals surface area (Å²) >= 11 is 0. The van der Waals surface area contributed by atoms with Crippen LogP contribution in [0.2, 0.25) is 0 Å². The summed E-state index contributed by atoms with van der Waals surface area (Å²) in [6.07, 6.45) is 0.786. The Morgan fingerprint density at radius 3 is 1.90 bits per heavy atom. The van der Waals surface area contributed by atoms with Crippen LogP contribution in [0.5, 0.6) is 0 Å². The van der Waals surface area contributed by atoms with Crippen molar-refractivity contribution in [2.24, 2.45) is 0 Å². The number of nitrogens with one attached hydrogen (secondary N) is 2. The van der Waals surface area contributed by atoms with Crippen LogP contribution < -0.4 is 10.6 Å². The van der Waals surface area contributed by atoms with Crippen LogP contribution in [0.25, 0.3) is 0 Å². The van der Waals surface area contributed by atoms with Gasteiger partial charge in [0.25, 0.3) is 5.91 Å². The Hall–Kier alpha value is -2.62. The molecule has 2 N–H and O–H groups in total. The van der Waals surface area contributed by atoms with E-state index in [1.807, 2.05) is 48.5 Å². The summed E-state index contributed by atoms with van der Waals surface area (Å²) in [5, 5.41) is 5.34. The number of carbonyl (C=O) groups is 2. The summed E-state index contributed by atoms with van der Waals surface area (Å²) < 4.78 is 0. The summed E-state index contributed by atoms with van der Waals surface area (Å²) in [5.41, 5.74) is 3.73. The highest BCUT2D eigenvalue weighted by molar-refractivity contribution is 5.94. The smallest absolute Gasteiger partial charge is 0.251 e. The third-order valence-electron chi connectivity index (χ3n) is 3.13. The first-order chi connectivity index (χ1) is 10.1. The molecule has 108 valence electrons. The molecule has 0 aliphatic carbocycles. The minimum absolute atomic E-state index is 0.0764. The molecule has 0 spiro atoms. The number of rotatable bonds is 4. The van der Waals surface area contributed by atoms with E-state index in [0.29, 0.717) is 5.56 Å². The molecular weight excluding hydrogens is 264 g/mol. The molecule has 0 fully saturated rings. The lowest BCUT2D eigenvalue weighted by molar-refractivity contribution is -0.114. The van der Waals surface area contributed by atoms with Crippen LogP contribution >= 0.6 is 0 Å². The molecule has 0 aliphatic heterocycles. The largest absolute Gasteiger partial charge is 0.355 e. The van der Waals surface area contributed by atoms with Crippen molar-refractivity contribution in [1.29, 1.82) is 0 Å². The molecule has 0 aromatic heterocycles. The van der Waals surface area contributed by atoms with E-state index in [1.54, 1.807) is 7.05 Å². The molecule has 4 heteroatoms. The van der Waals surface area contributed by atoms with Gasteiger partial charge in [0.05, 0.1) is 0 Å². The van der Waals surface area contributed by atoms with Gasteiger partial charge in [-0.25, -0.2) is 0 Å². The summed E-state index contributed by atoms with van der Waals surface area (Å²) in [7, 11) is 1.62. The Labute approximate surface area is 124 Å². The quantitative estimate of drug-likeness (QED) is 0.905. The number of anilines is 1. The van der Waals surface area contributed by atoms with E-state index >= 15 is 0 Å². The predicted molar refractivity (Wildman–Crippen MR) is 83.4 cm³/mol. The van der Waals surface area contributed by atoms with Crippen LogP contribution in [-0.2, 0) is 11.2 Å². The Morgan fingerprint density at radius 2 is 1.43 bits per heavy atom. The third-order valence-corrected chi connectivity index (χ3v) is 3.13. The average molecular weight is 282 g/mol. The van der Waals surface area contributed by atoms with E-state index < -0.39 is 0 Å². The third kappa shape index (κ3) is 4.18. The molecule has 0 bridgehead atoms. The van der Waals surface area contributed by atoms with Crippen LogP contribution in [0.15, 0.2) is 48.5 Å². The van der Waals surface area contributed by atoms with Crippen molar-refractivity contribution in [3.05, 3.63) is 65.2 Å². The zero-order chi connectivity index (χ0) is 15.2. The van der Waals surface area contributed by atoms with Crippen LogP contribution in [0, 0.1) is 0 Å². The van der Waals surface area contributed by atoms with E-state index in [0.717, 1.165) is 23.2 Å². The molecule has 2 aromatic rings. The summed E-state index contributed by atoms with van der Waals surface area (Å²) in [5.74, 6) is -0.159. The van der Waals surface area contributed by atoms with Crippen LogP contribution in [0.4, 0.5) is 5.69 Å². The lowest BCUT2D eigenvalue weighted by Gasteiger charge is -2.06. The van der Waals surface area contributed by atoms with Gasteiger partial charge >= 0.3 is 0 Å². The molecule has 0 saturated carbocycles. The highest BCUT2D eigenvalue weighted by Crippen LogP contribution is 2.14. The van der Waals surface area contributed by atoms with Gasteiger partial charge in [-0.3, -0.25) is 9.59 Å². The minimum Gasteiger partial charge on any atom is -0.355 e. The fourth-order valence-corrected chi connectivity index (χ4v) is 2.06. The first kappa shape index (κ1) is 14.8. The molecule has 21 heavy (non-hydrogen) atoms. The van der Waals surface area contributed by atoms with Gasteiger partial charge in [0, 0.05) is 25.2 Å². The van der Waals surface area contributed by atoms with Gasteiger partial charge in [0.2, 0.25) is 5.91 Å². The second kappa shape index (κ2) is 6.70. The zero-order valence-corrected chi connectivity index (χ0v) is 12.1. The molecule has 4 nitrogen and oxygen atoms in total. The highest BCUT2D eigenvalue weighted by atomic mass is 16.2. The number of benzene rings is 2. The maximum Gasteiger partial charge on any atom is 0.251 e. The van der Waals surface area contributed by atoms with E-state index in [2.05, 4.69) is 10.6 Å². The lowest BCUT2D eigenvalue weighted by atomic mass is 10.0. The topological polar surface area (TPSA) is 58.2 Å². The van der Waals surface area contributed by atoms with Gasteiger partial charge in [-0.15, -0.1) is 0 Å². The average Bonchev–Trinajstić information content (AvgIpc) is 2.49. The summed E-state index contributed by atoms with van der Waals surface area (Å²) in [6.45, 7) is 1.49. The maximum absolute atomic E-state index is 11.5. The normalized spacial score (nSPS) is 10.0. The number of carbonyl (C=O) groups excluding carboxylic acids is 2. The molecule has 0 heterocycles. The molecule has 0 radical (unpaired) electrons. The standard InChI is InChI=1S/C17H18N2O2/c1-12(20)19-16-9-5-14(6-10-16)11-13-3-7-15(8-4-13)17(21)18-2/h3-10H,11H2,1-2H3,(H,18,21)(H,19,20). The molecule has 0 aliphatic rings. The predicted octanol–water partition coefficient (Wildman–Crippen LogP) is 2.60. The highest BCUT2D eigenvalue weighted by Gasteiger charge is 2.03. The fourth-order valence-electron chi connectivity index (χ4n) is 2.06. The Balaban J connectivity index is 2.04. The van der Waals surface area contributed by atoms with Gasteiger partial charge in [-0.2, -0.15) is 0 Å². The van der Waals surface area contributed by atoms with Crippen molar-refractivity contribution < 1.29 is 9.59 Å². The summed E-state index contributed by atoms with van der Waals surface area (Å²) in [6, 6.07) is 15.3. The van der Waals surface area contributed by atoms with E-state index in [9.17, 15) is 9.59 Å². The van der Waals surface area contributed by atoms with Gasteiger partial charge in [0.1, 0.15) is 0 Å². The number of hydrogen-bond donors (Lipinski definition) is 2. The Bertz CT molecular complexity index is 631. The van der Waals surface area contributed by atoms with Gasteiger partial charge in [0.15, 0.2) is 0 Å². The van der Waals surface area contributed by atoms with Crippen LogP contribution in [-0.4, -0.2) is 18.9 Å². The van der Waals surface area contributed by atoms with E-state index in [4.69, 9.17) is 0 Å². The van der Waals surface area contributed by atoms with Gasteiger partial charge < -0.3 is 10.6 Å². The molecule has 2 rings (SSSR count). The summed E-state index contributed by atoms with van der Waals surface area (Å²) in [4.78, 5) is 22.4. The Morgan fingerprint density at radius 1 is 0.905 bits per heavy atom. The lowest BCUT2D eigenvalue weighted by Crippen LogP contribution is -2.17. The number of amides is 2. The first-order valence-corrected chi connectivity index (χ1v) is 6.76. The number of hydrogen-bond acceptors (Lipinski definition) is 2. The molecule has 2 amide bonds. The monoisotopic (exact) mass is 282 g/mol. The zero-order valence-electron chi connectivity index (χ0n) is 12.1. The second-order valence-corrected chi connectivity index (χ2v) is 4.83. The van der Waals surface area contributed by atoms with Crippen molar-refractivity contribution in [2.75, 3.05) is 12.4 Å².